The highest BCUT2D eigenvalue weighted by molar-refractivity contribution is 5.73. The lowest BCUT2D eigenvalue weighted by atomic mass is 9.96. The lowest BCUT2D eigenvalue weighted by molar-refractivity contribution is -0.264. The Bertz CT molecular complexity index is 274. The van der Waals surface area contributed by atoms with E-state index < -0.39 is 30.6 Å². The molecule has 0 saturated carbocycles. The van der Waals surface area contributed by atoms with Crippen molar-refractivity contribution in [1.29, 1.82) is 0 Å². The molecule has 7 nitrogen and oxygen atoms in total. The summed E-state index contributed by atoms with van der Waals surface area (Å²) in [6.07, 6.45) is -2.56. The minimum Gasteiger partial charge on any atom is -0.382 e. The molecule has 1 heterocycles. The zero-order chi connectivity index (χ0) is 13.7. The second-order valence-corrected chi connectivity index (χ2v) is 4.15. The Kier molecular flexibility index (Phi) is 5.97. The summed E-state index contributed by atoms with van der Waals surface area (Å²) in [5.41, 5.74) is 0. The maximum Gasteiger partial charge on any atom is 0.217 e. The Balaban J connectivity index is 2.85. The van der Waals surface area contributed by atoms with E-state index >= 15 is 0 Å². The maximum atomic E-state index is 11.1. The molecule has 1 saturated heterocycles. The number of amides is 1. The van der Waals surface area contributed by atoms with Gasteiger partial charge in [-0.2, -0.15) is 0 Å². The zero-order valence-electron chi connectivity index (χ0n) is 11.1. The van der Waals surface area contributed by atoms with Gasteiger partial charge in [0, 0.05) is 28.3 Å². The van der Waals surface area contributed by atoms with Crippen LogP contribution in [0.5, 0.6) is 0 Å². The summed E-state index contributed by atoms with van der Waals surface area (Å²) in [5, 5.41) is 12.5. The van der Waals surface area contributed by atoms with E-state index in [1.165, 1.54) is 28.3 Å². The van der Waals surface area contributed by atoms with E-state index in [0.717, 1.165) is 0 Å². The van der Waals surface area contributed by atoms with Gasteiger partial charge in [-0.15, -0.1) is 0 Å². The van der Waals surface area contributed by atoms with E-state index in [4.69, 9.17) is 18.9 Å². The van der Waals surface area contributed by atoms with Crippen LogP contribution in [0.25, 0.3) is 0 Å². The number of aliphatic hydroxyl groups is 1. The maximum absolute atomic E-state index is 11.1. The fourth-order valence-electron chi connectivity index (χ4n) is 2.17. The second kappa shape index (κ2) is 7.01. The summed E-state index contributed by atoms with van der Waals surface area (Å²) in [6.45, 7) is 1.63. The van der Waals surface area contributed by atoms with E-state index in [2.05, 4.69) is 5.32 Å². The molecule has 0 aromatic heterocycles. The lowest BCUT2D eigenvalue weighted by Crippen LogP contribution is -2.65. The molecule has 0 aromatic rings. The minimum atomic E-state index is -1.16. The van der Waals surface area contributed by atoms with Gasteiger partial charge in [0.1, 0.15) is 24.4 Å². The van der Waals surface area contributed by atoms with Crippen molar-refractivity contribution in [2.45, 2.75) is 37.6 Å². The summed E-state index contributed by atoms with van der Waals surface area (Å²) < 4.78 is 21.0. The van der Waals surface area contributed by atoms with Gasteiger partial charge in [-0.25, -0.2) is 0 Å². The number of nitrogens with one attached hydrogen (secondary N) is 1. The van der Waals surface area contributed by atoms with Crippen molar-refractivity contribution in [3.8, 4) is 0 Å². The monoisotopic (exact) mass is 263 g/mol. The third kappa shape index (κ3) is 3.39. The SMILES string of the molecule is COC[C@H]1O[C@@H](O)[C@@H](NC(C)=O)[C@@H](OC)[C@@H]1OC. The molecule has 5 atom stereocenters. The summed E-state index contributed by atoms with van der Waals surface area (Å²) in [6, 6.07) is -0.675. The lowest BCUT2D eigenvalue weighted by Gasteiger charge is -2.43. The fraction of sp³-hybridized carbons (Fsp3) is 0.909. The van der Waals surface area contributed by atoms with Crippen molar-refractivity contribution in [2.24, 2.45) is 0 Å². The molecule has 1 aliphatic heterocycles. The normalized spacial score (nSPS) is 36.4. The van der Waals surface area contributed by atoms with Gasteiger partial charge in [0.05, 0.1) is 6.61 Å². The predicted octanol–water partition coefficient (Wildman–Crippen LogP) is -1.12. The third-order valence-electron chi connectivity index (χ3n) is 2.91. The summed E-state index contributed by atoms with van der Waals surface area (Å²) >= 11 is 0. The van der Waals surface area contributed by atoms with Crippen molar-refractivity contribution >= 4 is 5.91 Å². The van der Waals surface area contributed by atoms with Crippen molar-refractivity contribution in [3.63, 3.8) is 0 Å². The van der Waals surface area contributed by atoms with Gasteiger partial charge in [-0.1, -0.05) is 0 Å². The van der Waals surface area contributed by atoms with Crippen molar-refractivity contribution < 1.29 is 28.8 Å². The number of hydrogen-bond acceptors (Lipinski definition) is 6. The van der Waals surface area contributed by atoms with Gasteiger partial charge in [-0.3, -0.25) is 4.79 Å². The molecular weight excluding hydrogens is 242 g/mol. The number of methoxy groups -OCH3 is 3. The molecule has 1 aliphatic rings. The number of hydrogen-bond donors (Lipinski definition) is 2. The first kappa shape index (κ1) is 15.3. The molecule has 0 aromatic carbocycles. The number of rotatable bonds is 5. The van der Waals surface area contributed by atoms with Crippen LogP contribution in [-0.4, -0.2) is 69.6 Å². The van der Waals surface area contributed by atoms with Crippen LogP contribution in [0.2, 0.25) is 0 Å². The molecule has 106 valence electrons. The largest absolute Gasteiger partial charge is 0.382 e. The van der Waals surface area contributed by atoms with Crippen LogP contribution in [-0.2, 0) is 23.7 Å². The van der Waals surface area contributed by atoms with Crippen LogP contribution in [0.1, 0.15) is 6.92 Å². The Morgan fingerprint density at radius 1 is 1.28 bits per heavy atom. The first-order chi connectivity index (χ1) is 8.54. The molecule has 2 N–H and O–H groups in total. The molecule has 0 radical (unpaired) electrons. The standard InChI is InChI=1S/C11H21NO6/c1-6(13)12-8-10(17-4)9(16-3)7(5-15-2)18-11(8)14/h7-11,14H,5H2,1-4H3,(H,12,13)/t7-,8+,9-,10-,11-/m1/s1. The highest BCUT2D eigenvalue weighted by atomic mass is 16.6. The van der Waals surface area contributed by atoms with E-state index in [-0.39, 0.29) is 12.5 Å². The van der Waals surface area contributed by atoms with E-state index in [0.29, 0.717) is 0 Å². The van der Waals surface area contributed by atoms with Crippen molar-refractivity contribution in [2.75, 3.05) is 27.9 Å². The molecule has 0 unspecified atom stereocenters. The van der Waals surface area contributed by atoms with Gasteiger partial charge in [0.2, 0.25) is 5.91 Å². The van der Waals surface area contributed by atoms with Gasteiger partial charge in [-0.05, 0) is 0 Å². The number of carbonyl (C=O) groups excluding carboxylic acids is 1. The molecule has 1 amide bonds. The molecule has 0 aliphatic carbocycles. The smallest absolute Gasteiger partial charge is 0.217 e. The number of ether oxygens (including phenoxy) is 4. The van der Waals surface area contributed by atoms with Crippen LogP contribution in [0.4, 0.5) is 0 Å². The summed E-state index contributed by atoms with van der Waals surface area (Å²) in [7, 11) is 4.54. The fourth-order valence-corrected chi connectivity index (χ4v) is 2.17. The average molecular weight is 263 g/mol. The van der Waals surface area contributed by atoms with Crippen LogP contribution in [0.3, 0.4) is 0 Å². The summed E-state index contributed by atoms with van der Waals surface area (Å²) in [4.78, 5) is 11.1. The average Bonchev–Trinajstić information content (AvgIpc) is 2.31. The first-order valence-corrected chi connectivity index (χ1v) is 5.70. The Morgan fingerprint density at radius 2 is 1.89 bits per heavy atom. The van der Waals surface area contributed by atoms with Crippen molar-refractivity contribution in [3.05, 3.63) is 0 Å². The first-order valence-electron chi connectivity index (χ1n) is 5.70. The number of aliphatic hydroxyl groups excluding tert-OH is 1. The zero-order valence-corrected chi connectivity index (χ0v) is 11.1. The summed E-state index contributed by atoms with van der Waals surface area (Å²) in [5.74, 6) is -0.273. The Labute approximate surface area is 106 Å². The molecule has 0 spiro atoms. The Morgan fingerprint density at radius 3 is 2.33 bits per heavy atom. The van der Waals surface area contributed by atoms with Gasteiger partial charge < -0.3 is 29.4 Å². The number of carbonyl (C=O) groups is 1. The van der Waals surface area contributed by atoms with Crippen LogP contribution in [0.15, 0.2) is 0 Å². The van der Waals surface area contributed by atoms with E-state index in [1.807, 2.05) is 0 Å². The topological polar surface area (TPSA) is 86.2 Å². The molecule has 1 fully saturated rings. The predicted molar refractivity (Wildman–Crippen MR) is 62.0 cm³/mol. The molecule has 18 heavy (non-hydrogen) atoms. The molecular formula is C11H21NO6. The van der Waals surface area contributed by atoms with E-state index in [9.17, 15) is 9.90 Å². The minimum absolute atomic E-state index is 0.266. The highest BCUT2D eigenvalue weighted by Gasteiger charge is 2.46. The van der Waals surface area contributed by atoms with Crippen molar-refractivity contribution in [1.82, 2.24) is 5.32 Å². The van der Waals surface area contributed by atoms with Crippen LogP contribution >= 0.6 is 0 Å². The molecule has 0 bridgehead atoms. The molecule has 1 rings (SSSR count). The van der Waals surface area contributed by atoms with E-state index in [1.54, 1.807) is 0 Å². The third-order valence-corrected chi connectivity index (χ3v) is 2.91. The van der Waals surface area contributed by atoms with Crippen LogP contribution < -0.4 is 5.32 Å². The second-order valence-electron chi connectivity index (χ2n) is 4.15. The quantitative estimate of drug-likeness (QED) is 0.654. The molecule has 7 heteroatoms. The van der Waals surface area contributed by atoms with Gasteiger partial charge >= 0.3 is 0 Å². The van der Waals surface area contributed by atoms with Gasteiger partial charge in [0.15, 0.2) is 6.29 Å². The van der Waals surface area contributed by atoms with Crippen LogP contribution in [0, 0.1) is 0 Å². The highest BCUT2D eigenvalue weighted by Crippen LogP contribution is 2.24. The van der Waals surface area contributed by atoms with Gasteiger partial charge in [0.25, 0.3) is 0 Å². The Hall–Kier alpha value is -0.730.